The van der Waals surface area contributed by atoms with Crippen molar-refractivity contribution >= 4 is 11.8 Å². The Labute approximate surface area is 167 Å². The van der Waals surface area contributed by atoms with Crippen LogP contribution in [0.3, 0.4) is 0 Å². The third-order valence-corrected chi connectivity index (χ3v) is 6.66. The summed E-state index contributed by atoms with van der Waals surface area (Å²) in [4.78, 5) is 4.66. The van der Waals surface area contributed by atoms with Gasteiger partial charge in [0.15, 0.2) is 0 Å². The molecule has 2 heterocycles. The molecular weight excluding hydrogens is 360 g/mol. The van der Waals surface area contributed by atoms with Crippen molar-refractivity contribution in [3.63, 3.8) is 0 Å². The van der Waals surface area contributed by atoms with Gasteiger partial charge < -0.3 is 19.8 Å². The molecule has 27 heavy (non-hydrogen) atoms. The minimum Gasteiger partial charge on any atom is -0.491 e. The molecule has 1 atom stereocenters. The van der Waals surface area contributed by atoms with Gasteiger partial charge in [0.1, 0.15) is 18.5 Å². The van der Waals surface area contributed by atoms with Crippen molar-refractivity contribution in [3.05, 3.63) is 29.8 Å². The lowest BCUT2D eigenvalue weighted by Crippen LogP contribution is -2.41. The zero-order valence-electron chi connectivity index (χ0n) is 16.4. The molecule has 2 aliphatic rings. The Morgan fingerprint density at radius 2 is 1.96 bits per heavy atom. The molecular formula is C21H34N2O3S. The average Bonchev–Trinajstić information content (AvgIpc) is 2.69. The summed E-state index contributed by atoms with van der Waals surface area (Å²) in [5.74, 6) is 3.37. The summed E-state index contributed by atoms with van der Waals surface area (Å²) in [6, 6.07) is 8.92. The molecule has 1 aromatic rings. The first-order valence-corrected chi connectivity index (χ1v) is 11.3. The number of piperidine rings is 1. The molecule has 2 saturated heterocycles. The first-order chi connectivity index (χ1) is 13.1. The first-order valence-electron chi connectivity index (χ1n) is 10.2. The Hall–Kier alpha value is -0.790. The molecule has 152 valence electrons. The number of aliphatic hydroxyl groups excluding tert-OH is 2. The standard InChI is InChI=1S/C21H34N2O3S/c1-22(18-7-11-27-12-8-18)14-17-3-2-4-21(13-17)26-16-20(25)15-23-9-5-19(24)6-10-23/h2-4,13,18-20,24-25H,5-12,14-16H2,1H3/t20-/m1/s1. The molecule has 5 nitrogen and oxygen atoms in total. The van der Waals surface area contributed by atoms with Crippen molar-refractivity contribution in [2.24, 2.45) is 0 Å². The second-order valence-electron chi connectivity index (χ2n) is 7.90. The number of aliphatic hydroxyl groups is 2. The van der Waals surface area contributed by atoms with Crippen molar-refractivity contribution in [2.75, 3.05) is 44.8 Å². The van der Waals surface area contributed by atoms with Crippen LogP contribution in [0.2, 0.25) is 0 Å². The van der Waals surface area contributed by atoms with Gasteiger partial charge in [-0.15, -0.1) is 0 Å². The number of nitrogens with zero attached hydrogens (tertiary/aromatic N) is 2. The molecule has 0 bridgehead atoms. The Morgan fingerprint density at radius 3 is 2.70 bits per heavy atom. The van der Waals surface area contributed by atoms with E-state index >= 15 is 0 Å². The Kier molecular flexibility index (Phi) is 8.27. The summed E-state index contributed by atoms with van der Waals surface area (Å²) in [6.07, 6.45) is 3.45. The summed E-state index contributed by atoms with van der Waals surface area (Å²) in [5.41, 5.74) is 1.26. The van der Waals surface area contributed by atoms with E-state index in [1.54, 1.807) is 0 Å². The van der Waals surface area contributed by atoms with Gasteiger partial charge in [-0.05, 0) is 61.9 Å². The van der Waals surface area contributed by atoms with Gasteiger partial charge in [-0.1, -0.05) is 12.1 Å². The van der Waals surface area contributed by atoms with Crippen LogP contribution in [0.1, 0.15) is 31.2 Å². The fourth-order valence-corrected chi connectivity index (χ4v) is 5.00. The van der Waals surface area contributed by atoms with Crippen LogP contribution >= 0.6 is 11.8 Å². The van der Waals surface area contributed by atoms with Gasteiger partial charge >= 0.3 is 0 Å². The molecule has 0 radical (unpaired) electrons. The lowest BCUT2D eigenvalue weighted by Gasteiger charge is -2.31. The zero-order chi connectivity index (χ0) is 19.1. The summed E-state index contributed by atoms with van der Waals surface area (Å²) >= 11 is 2.06. The Balaban J connectivity index is 1.43. The number of hydrogen-bond donors (Lipinski definition) is 2. The molecule has 2 fully saturated rings. The maximum absolute atomic E-state index is 10.3. The molecule has 6 heteroatoms. The number of β-amino-alcohol motifs (C(OH)–C–C–N with tert-alkyl or cyclic N) is 1. The van der Waals surface area contributed by atoms with E-state index in [1.165, 1.54) is 29.9 Å². The number of benzene rings is 1. The van der Waals surface area contributed by atoms with Gasteiger partial charge in [0.2, 0.25) is 0 Å². The van der Waals surface area contributed by atoms with Gasteiger partial charge in [-0.3, -0.25) is 4.90 Å². The van der Waals surface area contributed by atoms with Crippen molar-refractivity contribution < 1.29 is 14.9 Å². The molecule has 1 aromatic carbocycles. The molecule has 0 aliphatic carbocycles. The highest BCUT2D eigenvalue weighted by molar-refractivity contribution is 7.99. The van der Waals surface area contributed by atoms with Crippen molar-refractivity contribution in [1.82, 2.24) is 9.80 Å². The largest absolute Gasteiger partial charge is 0.491 e. The summed E-state index contributed by atoms with van der Waals surface area (Å²) < 4.78 is 5.85. The van der Waals surface area contributed by atoms with Crippen molar-refractivity contribution in [1.29, 1.82) is 0 Å². The van der Waals surface area contributed by atoms with E-state index in [0.29, 0.717) is 19.2 Å². The predicted molar refractivity (Wildman–Crippen MR) is 111 cm³/mol. The minimum atomic E-state index is -0.508. The van der Waals surface area contributed by atoms with E-state index in [9.17, 15) is 10.2 Å². The first kappa shape index (κ1) is 20.9. The lowest BCUT2D eigenvalue weighted by atomic mass is 10.1. The summed E-state index contributed by atoms with van der Waals surface area (Å²) in [5, 5.41) is 19.8. The van der Waals surface area contributed by atoms with E-state index in [0.717, 1.165) is 38.2 Å². The molecule has 2 aliphatic heterocycles. The number of likely N-dealkylation sites (tertiary alicyclic amines) is 1. The maximum atomic E-state index is 10.3. The predicted octanol–water partition coefficient (Wildman–Crippen LogP) is 2.21. The van der Waals surface area contributed by atoms with Crippen LogP contribution < -0.4 is 4.74 Å². The SMILES string of the molecule is CN(Cc1cccc(OC[C@H](O)CN2CCC(O)CC2)c1)C1CCSCC1. The highest BCUT2D eigenvalue weighted by atomic mass is 32.2. The van der Waals surface area contributed by atoms with E-state index in [-0.39, 0.29) is 6.10 Å². The van der Waals surface area contributed by atoms with Crippen LogP contribution in [0.15, 0.2) is 24.3 Å². The highest BCUT2D eigenvalue weighted by Gasteiger charge is 2.20. The second kappa shape index (κ2) is 10.7. The molecule has 0 aromatic heterocycles. The Bertz CT molecular complexity index is 560. The Morgan fingerprint density at radius 1 is 1.22 bits per heavy atom. The van der Waals surface area contributed by atoms with E-state index < -0.39 is 6.10 Å². The van der Waals surface area contributed by atoms with Gasteiger partial charge in [0.05, 0.1) is 6.10 Å². The van der Waals surface area contributed by atoms with Crippen LogP contribution in [0, 0.1) is 0 Å². The highest BCUT2D eigenvalue weighted by Crippen LogP contribution is 2.23. The molecule has 3 rings (SSSR count). The number of ether oxygens (including phenoxy) is 1. The second-order valence-corrected chi connectivity index (χ2v) is 9.13. The molecule has 0 saturated carbocycles. The smallest absolute Gasteiger partial charge is 0.119 e. The van der Waals surface area contributed by atoms with Crippen LogP contribution in [0.4, 0.5) is 0 Å². The lowest BCUT2D eigenvalue weighted by molar-refractivity contribution is 0.0337. The van der Waals surface area contributed by atoms with Crippen LogP contribution in [-0.4, -0.2) is 83.1 Å². The van der Waals surface area contributed by atoms with Crippen LogP contribution in [0.5, 0.6) is 5.75 Å². The number of thioether (sulfide) groups is 1. The zero-order valence-corrected chi connectivity index (χ0v) is 17.2. The fourth-order valence-electron chi connectivity index (χ4n) is 3.92. The number of rotatable bonds is 8. The van der Waals surface area contributed by atoms with Gasteiger partial charge in [0, 0.05) is 32.2 Å². The minimum absolute atomic E-state index is 0.178. The monoisotopic (exact) mass is 394 g/mol. The van der Waals surface area contributed by atoms with Gasteiger partial charge in [-0.2, -0.15) is 11.8 Å². The van der Waals surface area contributed by atoms with E-state index in [4.69, 9.17) is 4.74 Å². The summed E-state index contributed by atoms with van der Waals surface area (Å²) in [7, 11) is 2.22. The van der Waals surface area contributed by atoms with Crippen LogP contribution in [0.25, 0.3) is 0 Å². The van der Waals surface area contributed by atoms with Crippen LogP contribution in [-0.2, 0) is 6.54 Å². The molecule has 0 amide bonds. The molecule has 0 spiro atoms. The van der Waals surface area contributed by atoms with Gasteiger partial charge in [-0.25, -0.2) is 0 Å². The normalized spacial score (nSPS) is 21.5. The molecule has 0 unspecified atom stereocenters. The van der Waals surface area contributed by atoms with E-state index in [2.05, 4.69) is 40.7 Å². The van der Waals surface area contributed by atoms with Crippen molar-refractivity contribution in [3.8, 4) is 5.75 Å². The summed E-state index contributed by atoms with van der Waals surface area (Å²) in [6.45, 7) is 3.54. The number of hydrogen-bond acceptors (Lipinski definition) is 6. The van der Waals surface area contributed by atoms with Crippen molar-refractivity contribution in [2.45, 2.75) is 50.5 Å². The average molecular weight is 395 g/mol. The quantitative estimate of drug-likeness (QED) is 0.705. The van der Waals surface area contributed by atoms with Gasteiger partial charge in [0.25, 0.3) is 0 Å². The van der Waals surface area contributed by atoms with E-state index in [1.807, 2.05) is 12.1 Å². The third kappa shape index (κ3) is 6.95. The fraction of sp³-hybridized carbons (Fsp3) is 0.714. The maximum Gasteiger partial charge on any atom is 0.119 e. The molecule has 2 N–H and O–H groups in total. The topological polar surface area (TPSA) is 56.2 Å². The third-order valence-electron chi connectivity index (χ3n) is 5.61.